The van der Waals surface area contributed by atoms with Gasteiger partial charge in [0.1, 0.15) is 10.5 Å². The largest absolute Gasteiger partial charge is 0.480 e. The van der Waals surface area contributed by atoms with E-state index in [-0.39, 0.29) is 0 Å². The van der Waals surface area contributed by atoms with Gasteiger partial charge in [-0.1, -0.05) is 12.2 Å². The molecule has 0 amide bonds. The van der Waals surface area contributed by atoms with Gasteiger partial charge in [-0.25, -0.2) is 9.97 Å². The first-order valence-corrected chi connectivity index (χ1v) is 4.53. The maximum atomic E-state index is 5.14. The van der Waals surface area contributed by atoms with E-state index in [0.29, 0.717) is 10.5 Å². The zero-order valence-electron chi connectivity index (χ0n) is 7.87. The number of aryl methyl sites for hydroxylation is 1. The second kappa shape index (κ2) is 3.34. The van der Waals surface area contributed by atoms with E-state index in [4.69, 9.17) is 17.0 Å². The van der Waals surface area contributed by atoms with Crippen LogP contribution in [0.5, 0.6) is 5.88 Å². The number of nitrogens with zero attached hydrogens (tertiary/aromatic N) is 2. The Balaban J connectivity index is 2.94. The molecule has 0 saturated heterocycles. The number of ether oxygens (including phenoxy) is 1. The Hall–Kier alpha value is -1.49. The fourth-order valence-electron chi connectivity index (χ4n) is 1.34. The van der Waals surface area contributed by atoms with Gasteiger partial charge in [-0.3, -0.25) is 0 Å². The second-order valence-corrected chi connectivity index (χ2v) is 3.26. The predicted molar refractivity (Wildman–Crippen MR) is 56.0 cm³/mol. The van der Waals surface area contributed by atoms with Crippen molar-refractivity contribution in [2.45, 2.75) is 6.92 Å². The van der Waals surface area contributed by atoms with Gasteiger partial charge in [-0.2, -0.15) is 0 Å². The number of aromatic nitrogens is 3. The second-order valence-electron chi connectivity index (χ2n) is 2.87. The summed E-state index contributed by atoms with van der Waals surface area (Å²) in [4.78, 5) is 11.3. The lowest BCUT2D eigenvalue weighted by atomic mass is 10.3. The van der Waals surface area contributed by atoms with Crippen LogP contribution in [0.4, 0.5) is 0 Å². The van der Waals surface area contributed by atoms with Crippen molar-refractivity contribution >= 4 is 23.1 Å². The molecule has 0 unspecified atom stereocenters. The molecular weight excluding hydrogens is 198 g/mol. The maximum absolute atomic E-state index is 5.14. The third kappa shape index (κ3) is 1.35. The predicted octanol–water partition coefficient (Wildman–Crippen LogP) is 2.00. The average Bonchev–Trinajstić information content (AvgIpc) is 2.16. The van der Waals surface area contributed by atoms with Crippen LogP contribution in [-0.2, 0) is 0 Å². The van der Waals surface area contributed by atoms with E-state index < -0.39 is 0 Å². The van der Waals surface area contributed by atoms with Crippen molar-refractivity contribution in [2.24, 2.45) is 0 Å². The Morgan fingerprint density at radius 2 is 2.29 bits per heavy atom. The molecular formula is C9H9N3OS. The summed E-state index contributed by atoms with van der Waals surface area (Å²) in [5, 5.41) is 0.760. The van der Waals surface area contributed by atoms with Crippen LogP contribution in [0.2, 0.25) is 0 Å². The van der Waals surface area contributed by atoms with E-state index in [1.54, 1.807) is 13.3 Å². The van der Waals surface area contributed by atoms with Crippen molar-refractivity contribution in [3.05, 3.63) is 22.7 Å². The Labute approximate surface area is 86.0 Å². The van der Waals surface area contributed by atoms with Gasteiger partial charge < -0.3 is 9.72 Å². The number of methoxy groups -OCH3 is 1. The fraction of sp³-hybridized carbons (Fsp3) is 0.222. The lowest BCUT2D eigenvalue weighted by Gasteiger charge is -2.04. The molecule has 0 aliphatic heterocycles. The van der Waals surface area contributed by atoms with E-state index in [1.807, 2.05) is 13.0 Å². The van der Waals surface area contributed by atoms with Crippen molar-refractivity contribution in [2.75, 3.05) is 7.11 Å². The molecule has 0 spiro atoms. The van der Waals surface area contributed by atoms with Crippen molar-refractivity contribution in [3.63, 3.8) is 0 Å². The van der Waals surface area contributed by atoms with E-state index in [2.05, 4.69) is 15.0 Å². The third-order valence-corrected chi connectivity index (χ3v) is 2.20. The number of H-pyrrole nitrogens is 1. The van der Waals surface area contributed by atoms with Crippen LogP contribution in [-0.4, -0.2) is 22.1 Å². The van der Waals surface area contributed by atoms with Gasteiger partial charge in [0, 0.05) is 6.20 Å². The number of pyridine rings is 1. The zero-order valence-corrected chi connectivity index (χ0v) is 8.68. The first-order valence-electron chi connectivity index (χ1n) is 4.12. The Kier molecular flexibility index (Phi) is 2.17. The number of nitrogens with one attached hydrogen (secondary N) is 1. The molecule has 0 aliphatic carbocycles. The summed E-state index contributed by atoms with van der Waals surface area (Å²) in [5.41, 5.74) is 0.898. The smallest absolute Gasteiger partial charge is 0.225 e. The number of rotatable bonds is 1. The minimum Gasteiger partial charge on any atom is -0.480 e. The quantitative estimate of drug-likeness (QED) is 0.727. The van der Waals surface area contributed by atoms with Gasteiger partial charge >= 0.3 is 0 Å². The number of hydrogen-bond acceptors (Lipinski definition) is 4. The molecule has 0 saturated carbocycles. The number of fused-ring (bicyclic) bond motifs is 1. The van der Waals surface area contributed by atoms with Gasteiger partial charge in [0.15, 0.2) is 0 Å². The molecule has 72 valence electrons. The molecule has 2 heterocycles. The summed E-state index contributed by atoms with van der Waals surface area (Å²) in [5.74, 6) is 1.30. The van der Waals surface area contributed by atoms with Crippen LogP contribution in [0.1, 0.15) is 5.82 Å². The summed E-state index contributed by atoms with van der Waals surface area (Å²) in [6.07, 6.45) is 1.67. The summed E-state index contributed by atoms with van der Waals surface area (Å²) in [7, 11) is 1.57. The fourth-order valence-corrected chi connectivity index (χ4v) is 1.67. The SMILES string of the molecule is COc1nccc2[nH]c(C)nc(=S)c12. The molecule has 0 fully saturated rings. The van der Waals surface area contributed by atoms with Crippen molar-refractivity contribution < 1.29 is 4.74 Å². The molecule has 14 heavy (non-hydrogen) atoms. The normalized spacial score (nSPS) is 10.4. The number of hydrogen-bond donors (Lipinski definition) is 1. The first-order chi connectivity index (χ1) is 6.72. The molecule has 0 aromatic carbocycles. The van der Waals surface area contributed by atoms with Crippen molar-refractivity contribution in [3.8, 4) is 5.88 Å². The van der Waals surface area contributed by atoms with Gasteiger partial charge in [0.2, 0.25) is 5.88 Å². The Bertz CT molecular complexity index is 535. The van der Waals surface area contributed by atoms with E-state index >= 15 is 0 Å². The summed E-state index contributed by atoms with van der Waals surface area (Å²) in [6, 6.07) is 1.85. The highest BCUT2D eigenvalue weighted by atomic mass is 32.1. The highest BCUT2D eigenvalue weighted by Crippen LogP contribution is 2.21. The van der Waals surface area contributed by atoms with Crippen LogP contribution >= 0.6 is 12.2 Å². The molecule has 4 nitrogen and oxygen atoms in total. The Morgan fingerprint density at radius 3 is 3.00 bits per heavy atom. The van der Waals surface area contributed by atoms with Crippen LogP contribution < -0.4 is 4.74 Å². The molecule has 0 atom stereocenters. The summed E-state index contributed by atoms with van der Waals surface area (Å²) < 4.78 is 5.63. The lowest BCUT2D eigenvalue weighted by molar-refractivity contribution is 0.403. The number of aromatic amines is 1. The minimum atomic E-state index is 0.510. The summed E-state index contributed by atoms with van der Waals surface area (Å²) >= 11 is 5.14. The van der Waals surface area contributed by atoms with Crippen LogP contribution in [0.25, 0.3) is 10.9 Å². The molecule has 1 N–H and O–H groups in total. The zero-order chi connectivity index (χ0) is 10.1. The molecule has 2 rings (SSSR count). The van der Waals surface area contributed by atoms with Crippen LogP contribution in [0.15, 0.2) is 12.3 Å². The van der Waals surface area contributed by atoms with Gasteiger partial charge in [0.25, 0.3) is 0 Å². The van der Waals surface area contributed by atoms with E-state index in [9.17, 15) is 0 Å². The average molecular weight is 207 g/mol. The molecule has 2 aromatic rings. The van der Waals surface area contributed by atoms with Gasteiger partial charge in [-0.15, -0.1) is 0 Å². The van der Waals surface area contributed by atoms with Gasteiger partial charge in [0.05, 0.1) is 18.0 Å². The molecule has 2 aromatic heterocycles. The van der Waals surface area contributed by atoms with Crippen LogP contribution in [0.3, 0.4) is 0 Å². The standard InChI is InChI=1S/C9H9N3OS/c1-5-11-6-3-4-10-8(13-2)7(6)9(14)12-5/h3-4H,1-2H3,(H,11,12,14). The highest BCUT2D eigenvalue weighted by molar-refractivity contribution is 7.71. The third-order valence-electron chi connectivity index (χ3n) is 1.91. The van der Waals surface area contributed by atoms with Crippen LogP contribution in [0, 0.1) is 11.6 Å². The minimum absolute atomic E-state index is 0.510. The van der Waals surface area contributed by atoms with Crippen molar-refractivity contribution in [1.29, 1.82) is 0 Å². The van der Waals surface area contributed by atoms with Gasteiger partial charge in [-0.05, 0) is 13.0 Å². The topological polar surface area (TPSA) is 50.8 Å². The molecule has 0 aliphatic rings. The molecule has 0 radical (unpaired) electrons. The lowest BCUT2D eigenvalue weighted by Crippen LogP contribution is -1.94. The summed E-state index contributed by atoms with van der Waals surface area (Å²) in [6.45, 7) is 1.86. The molecule has 5 heteroatoms. The maximum Gasteiger partial charge on any atom is 0.225 e. The van der Waals surface area contributed by atoms with E-state index in [1.165, 1.54) is 0 Å². The Morgan fingerprint density at radius 1 is 1.50 bits per heavy atom. The molecule has 0 bridgehead atoms. The van der Waals surface area contributed by atoms with Crippen molar-refractivity contribution in [1.82, 2.24) is 15.0 Å². The highest BCUT2D eigenvalue weighted by Gasteiger charge is 2.05. The monoisotopic (exact) mass is 207 g/mol. The first kappa shape index (κ1) is 9.08. The van der Waals surface area contributed by atoms with E-state index in [0.717, 1.165) is 16.7 Å².